The van der Waals surface area contributed by atoms with Crippen LogP contribution in [0, 0.1) is 0 Å². The van der Waals surface area contributed by atoms with E-state index in [1.807, 2.05) is 29.2 Å². The Balaban J connectivity index is 1.39. The number of benzene rings is 2. The molecule has 9 nitrogen and oxygen atoms in total. The number of nitrogens with one attached hydrogen (secondary N) is 2. The van der Waals surface area contributed by atoms with Crippen molar-refractivity contribution in [2.75, 3.05) is 38.5 Å². The molecule has 1 aliphatic heterocycles. The van der Waals surface area contributed by atoms with Gasteiger partial charge in [-0.3, -0.25) is 9.59 Å². The number of aromatic amines is 1. The molecule has 1 fully saturated rings. The molecule has 0 unspecified atom stereocenters. The van der Waals surface area contributed by atoms with Crippen molar-refractivity contribution >= 4 is 40.3 Å². The van der Waals surface area contributed by atoms with E-state index in [-0.39, 0.29) is 11.8 Å². The molecular weight excluding hydrogens is 492 g/mol. The van der Waals surface area contributed by atoms with Crippen LogP contribution < -0.4 is 10.1 Å². The topological polar surface area (TPSA) is 103 Å². The summed E-state index contributed by atoms with van der Waals surface area (Å²) < 4.78 is 6.08. The SMILES string of the molecule is C=CC(=O)Nc1cccc(Oc2c(Cl)cnc3nc(-c4ccc(C(=O)N5CCN(C)CC5)cc4)[nH]c23)c1. The van der Waals surface area contributed by atoms with E-state index in [2.05, 4.69) is 38.8 Å². The number of rotatable bonds is 6. The van der Waals surface area contributed by atoms with Crippen molar-refractivity contribution in [3.63, 3.8) is 0 Å². The molecule has 37 heavy (non-hydrogen) atoms. The molecule has 2 amide bonds. The number of halogens is 1. The van der Waals surface area contributed by atoms with Gasteiger partial charge >= 0.3 is 0 Å². The van der Waals surface area contributed by atoms with Gasteiger partial charge in [-0.25, -0.2) is 9.97 Å². The minimum atomic E-state index is -0.323. The zero-order valence-corrected chi connectivity index (χ0v) is 21.0. The first-order valence-electron chi connectivity index (χ1n) is 11.7. The number of H-pyrrole nitrogens is 1. The highest BCUT2D eigenvalue weighted by atomic mass is 35.5. The Bertz CT molecular complexity index is 1480. The minimum absolute atomic E-state index is 0.0277. The molecule has 10 heteroatoms. The predicted octanol–water partition coefficient (Wildman–Crippen LogP) is 4.58. The van der Waals surface area contributed by atoms with Gasteiger partial charge in [0.25, 0.3) is 5.91 Å². The van der Waals surface area contributed by atoms with Gasteiger partial charge in [0.05, 0.1) is 6.20 Å². The molecule has 188 valence electrons. The van der Waals surface area contributed by atoms with E-state index in [1.165, 1.54) is 12.3 Å². The number of ether oxygens (including phenoxy) is 1. The number of piperazine rings is 1. The van der Waals surface area contributed by atoms with E-state index >= 15 is 0 Å². The number of carbonyl (C=O) groups is 2. The standard InChI is InChI=1S/C27H25ClN6O3/c1-3-22(35)30-19-5-4-6-20(15-19)37-24-21(28)16-29-26-23(24)31-25(32-26)17-7-9-18(10-8-17)27(36)34-13-11-33(2)12-14-34/h3-10,15-16H,1,11-14H2,2H3,(H,30,35)(H,29,31,32). The average Bonchev–Trinajstić information content (AvgIpc) is 3.35. The number of fused-ring (bicyclic) bond motifs is 1. The van der Waals surface area contributed by atoms with Gasteiger partial charge in [0.1, 0.15) is 22.1 Å². The summed E-state index contributed by atoms with van der Waals surface area (Å²) in [5.41, 5.74) is 2.95. The number of aromatic nitrogens is 3. The van der Waals surface area contributed by atoms with E-state index in [9.17, 15) is 9.59 Å². The first-order chi connectivity index (χ1) is 17.9. The Labute approximate surface area is 218 Å². The Kier molecular flexibility index (Phi) is 6.89. The van der Waals surface area contributed by atoms with Crippen LogP contribution in [0.1, 0.15) is 10.4 Å². The van der Waals surface area contributed by atoms with Gasteiger partial charge < -0.3 is 24.8 Å². The Morgan fingerprint density at radius 3 is 2.62 bits per heavy atom. The quantitative estimate of drug-likeness (QED) is 0.363. The molecule has 5 rings (SSSR count). The van der Waals surface area contributed by atoms with Crippen molar-refractivity contribution in [1.82, 2.24) is 24.8 Å². The average molecular weight is 517 g/mol. The summed E-state index contributed by atoms with van der Waals surface area (Å²) in [7, 11) is 2.06. The molecule has 3 heterocycles. The summed E-state index contributed by atoms with van der Waals surface area (Å²) in [5, 5.41) is 3.00. The Hall–Kier alpha value is -4.21. The largest absolute Gasteiger partial charge is 0.453 e. The maximum absolute atomic E-state index is 12.9. The smallest absolute Gasteiger partial charge is 0.253 e. The molecule has 0 aliphatic carbocycles. The van der Waals surface area contributed by atoms with Crippen molar-refractivity contribution in [2.24, 2.45) is 0 Å². The van der Waals surface area contributed by atoms with E-state index < -0.39 is 0 Å². The van der Waals surface area contributed by atoms with Gasteiger partial charge in [0.2, 0.25) is 5.91 Å². The van der Waals surface area contributed by atoms with Crippen LogP contribution in [0.3, 0.4) is 0 Å². The van der Waals surface area contributed by atoms with Gasteiger partial charge in [0, 0.05) is 49.1 Å². The fourth-order valence-electron chi connectivity index (χ4n) is 4.06. The third-order valence-corrected chi connectivity index (χ3v) is 6.40. The van der Waals surface area contributed by atoms with Gasteiger partial charge in [-0.15, -0.1) is 0 Å². The molecule has 0 atom stereocenters. The van der Waals surface area contributed by atoms with Crippen molar-refractivity contribution in [3.8, 4) is 22.9 Å². The van der Waals surface area contributed by atoms with Crippen LogP contribution in [0.15, 0.2) is 67.4 Å². The van der Waals surface area contributed by atoms with Crippen molar-refractivity contribution < 1.29 is 14.3 Å². The molecule has 0 saturated carbocycles. The number of imidazole rings is 1. The maximum Gasteiger partial charge on any atom is 0.253 e. The van der Waals surface area contributed by atoms with Crippen molar-refractivity contribution in [3.05, 3.63) is 78.0 Å². The van der Waals surface area contributed by atoms with Crippen molar-refractivity contribution in [1.29, 1.82) is 0 Å². The lowest BCUT2D eigenvalue weighted by atomic mass is 10.1. The van der Waals surface area contributed by atoms with Gasteiger partial charge in [0.15, 0.2) is 11.4 Å². The molecule has 0 bridgehead atoms. The third-order valence-electron chi connectivity index (χ3n) is 6.13. The molecule has 2 N–H and O–H groups in total. The Morgan fingerprint density at radius 1 is 1.14 bits per heavy atom. The zero-order chi connectivity index (χ0) is 25.9. The highest BCUT2D eigenvalue weighted by Crippen LogP contribution is 2.36. The number of likely N-dealkylation sites (N-methyl/N-ethyl adjacent to an activating group) is 1. The predicted molar refractivity (Wildman–Crippen MR) is 143 cm³/mol. The fourth-order valence-corrected chi connectivity index (χ4v) is 4.24. The molecule has 4 aromatic rings. The summed E-state index contributed by atoms with van der Waals surface area (Å²) in [6.07, 6.45) is 2.67. The summed E-state index contributed by atoms with van der Waals surface area (Å²) in [5.74, 6) is 1.11. The molecule has 1 aliphatic rings. The monoisotopic (exact) mass is 516 g/mol. The Morgan fingerprint density at radius 2 is 1.89 bits per heavy atom. The number of amides is 2. The van der Waals surface area contributed by atoms with Crippen LogP contribution >= 0.6 is 11.6 Å². The van der Waals surface area contributed by atoms with Gasteiger partial charge in [-0.2, -0.15) is 0 Å². The summed E-state index contributed by atoms with van der Waals surface area (Å²) in [6, 6.07) is 14.3. The minimum Gasteiger partial charge on any atom is -0.453 e. The van der Waals surface area contributed by atoms with Crippen LogP contribution in [0.5, 0.6) is 11.5 Å². The van der Waals surface area contributed by atoms with Crippen LogP contribution in [0.25, 0.3) is 22.6 Å². The lowest BCUT2D eigenvalue weighted by Crippen LogP contribution is -2.47. The second kappa shape index (κ2) is 10.4. The highest BCUT2D eigenvalue weighted by Gasteiger charge is 2.21. The van der Waals surface area contributed by atoms with E-state index in [0.717, 1.165) is 31.7 Å². The molecule has 2 aromatic heterocycles. The van der Waals surface area contributed by atoms with E-state index in [1.54, 1.807) is 24.3 Å². The normalized spacial score (nSPS) is 13.9. The van der Waals surface area contributed by atoms with E-state index in [4.69, 9.17) is 16.3 Å². The number of pyridine rings is 1. The van der Waals surface area contributed by atoms with E-state index in [0.29, 0.717) is 44.8 Å². The second-order valence-corrected chi connectivity index (χ2v) is 9.12. The lowest BCUT2D eigenvalue weighted by molar-refractivity contribution is -0.111. The molecule has 0 radical (unpaired) electrons. The van der Waals surface area contributed by atoms with Gasteiger partial charge in [-0.1, -0.05) is 36.4 Å². The number of carbonyl (C=O) groups excluding carboxylic acids is 2. The lowest BCUT2D eigenvalue weighted by Gasteiger charge is -2.32. The third kappa shape index (κ3) is 5.32. The van der Waals surface area contributed by atoms with Crippen LogP contribution in [0.4, 0.5) is 5.69 Å². The summed E-state index contributed by atoms with van der Waals surface area (Å²) >= 11 is 6.43. The number of hydrogen-bond acceptors (Lipinski definition) is 6. The second-order valence-electron chi connectivity index (χ2n) is 8.72. The molecule has 1 saturated heterocycles. The highest BCUT2D eigenvalue weighted by molar-refractivity contribution is 6.32. The first kappa shape index (κ1) is 24.5. The first-order valence-corrected chi connectivity index (χ1v) is 12.1. The maximum atomic E-state index is 12.9. The van der Waals surface area contributed by atoms with Crippen molar-refractivity contribution in [2.45, 2.75) is 0 Å². The van der Waals surface area contributed by atoms with Gasteiger partial charge in [-0.05, 0) is 37.4 Å². The summed E-state index contributed by atoms with van der Waals surface area (Å²) in [4.78, 5) is 40.8. The van der Waals surface area contributed by atoms with Crippen LogP contribution in [-0.4, -0.2) is 69.8 Å². The fraction of sp³-hybridized carbons (Fsp3) is 0.185. The zero-order valence-electron chi connectivity index (χ0n) is 20.2. The molecule has 2 aromatic carbocycles. The number of hydrogen-bond donors (Lipinski definition) is 2. The molecular formula is C27H25ClN6O3. The molecule has 0 spiro atoms. The van der Waals surface area contributed by atoms with Crippen LogP contribution in [0.2, 0.25) is 5.02 Å². The number of anilines is 1. The number of nitrogens with zero attached hydrogens (tertiary/aromatic N) is 4. The van der Waals surface area contributed by atoms with Crippen LogP contribution in [-0.2, 0) is 4.79 Å². The summed E-state index contributed by atoms with van der Waals surface area (Å²) in [6.45, 7) is 6.64.